The predicted molar refractivity (Wildman–Crippen MR) is 115 cm³/mol. The van der Waals surface area contributed by atoms with Gasteiger partial charge < -0.3 is 9.88 Å². The average Bonchev–Trinajstić information content (AvgIpc) is 3.00. The lowest BCUT2D eigenvalue weighted by Gasteiger charge is -2.14. The summed E-state index contributed by atoms with van der Waals surface area (Å²) in [6, 6.07) is 9.12. The number of halogens is 2. The minimum absolute atomic E-state index is 0.0104. The van der Waals surface area contributed by atoms with Crippen LogP contribution >= 0.6 is 22.9 Å². The lowest BCUT2D eigenvalue weighted by atomic mass is 10.2. The number of amides is 1. The molecule has 0 saturated heterocycles. The molecule has 0 fully saturated rings. The van der Waals surface area contributed by atoms with Gasteiger partial charge in [-0.3, -0.25) is 14.3 Å². The maximum atomic E-state index is 13.9. The molecule has 158 valence electrons. The molecular formula is C19H17ClFN3O4S2. The van der Waals surface area contributed by atoms with Crippen molar-refractivity contribution >= 4 is 50.2 Å². The second-order valence-electron chi connectivity index (χ2n) is 6.32. The highest BCUT2D eigenvalue weighted by Crippen LogP contribution is 2.29. The third kappa shape index (κ3) is 5.07. The SMILES string of the molecule is Cc1csc(=O)n1CCC(=O)Nc1cc(Cl)ccc1NS(=O)(=O)c1ccccc1F. The first-order chi connectivity index (χ1) is 14.2. The lowest BCUT2D eigenvalue weighted by Crippen LogP contribution is -2.21. The number of nitrogens with zero attached hydrogens (tertiary/aromatic N) is 1. The third-order valence-corrected chi connectivity index (χ3v) is 6.68. The van der Waals surface area contributed by atoms with Crippen molar-refractivity contribution < 1.29 is 17.6 Å². The van der Waals surface area contributed by atoms with Crippen LogP contribution in [-0.2, 0) is 21.4 Å². The summed E-state index contributed by atoms with van der Waals surface area (Å²) in [6.07, 6.45) is -0.0104. The van der Waals surface area contributed by atoms with E-state index in [-0.39, 0.29) is 34.2 Å². The molecule has 1 heterocycles. The molecule has 3 aromatic rings. The molecule has 3 rings (SSSR count). The van der Waals surface area contributed by atoms with E-state index in [1.165, 1.54) is 34.9 Å². The first-order valence-electron chi connectivity index (χ1n) is 8.69. The van der Waals surface area contributed by atoms with Gasteiger partial charge in [-0.2, -0.15) is 0 Å². The average molecular weight is 470 g/mol. The Hall–Kier alpha value is -2.69. The molecule has 1 aromatic heterocycles. The summed E-state index contributed by atoms with van der Waals surface area (Å²) >= 11 is 7.03. The number of benzene rings is 2. The van der Waals surface area contributed by atoms with E-state index in [0.29, 0.717) is 0 Å². The lowest BCUT2D eigenvalue weighted by molar-refractivity contribution is -0.116. The summed E-state index contributed by atoms with van der Waals surface area (Å²) in [6.45, 7) is 1.94. The van der Waals surface area contributed by atoms with Crippen LogP contribution in [0.3, 0.4) is 0 Å². The summed E-state index contributed by atoms with van der Waals surface area (Å²) in [7, 11) is -4.24. The van der Waals surface area contributed by atoms with E-state index < -0.39 is 26.6 Å². The minimum atomic E-state index is -4.24. The van der Waals surface area contributed by atoms with Crippen molar-refractivity contribution in [3.05, 3.63) is 74.0 Å². The van der Waals surface area contributed by atoms with Crippen molar-refractivity contribution in [1.82, 2.24) is 4.57 Å². The van der Waals surface area contributed by atoms with Gasteiger partial charge in [-0.05, 0) is 37.3 Å². The monoisotopic (exact) mass is 469 g/mol. The number of carbonyl (C=O) groups excluding carboxylic acids is 1. The molecule has 0 spiro atoms. The standard InChI is InChI=1S/C19H17ClFN3O4S2/c1-12-11-29-19(26)24(12)9-8-18(25)22-16-10-13(20)6-7-15(16)23-30(27,28)17-5-3-2-4-14(17)21/h2-7,10-11,23H,8-9H2,1H3,(H,22,25). The summed E-state index contributed by atoms with van der Waals surface area (Å²) in [5.74, 6) is -1.35. The first-order valence-corrected chi connectivity index (χ1v) is 11.4. The number of carbonyl (C=O) groups is 1. The van der Waals surface area contributed by atoms with Crippen molar-refractivity contribution in [3.63, 3.8) is 0 Å². The zero-order chi connectivity index (χ0) is 21.9. The van der Waals surface area contributed by atoms with Crippen LogP contribution in [0.15, 0.2) is 57.5 Å². The predicted octanol–water partition coefficient (Wildman–Crippen LogP) is 3.84. The molecule has 7 nitrogen and oxygen atoms in total. The van der Waals surface area contributed by atoms with E-state index in [1.54, 1.807) is 12.3 Å². The van der Waals surface area contributed by atoms with Crippen molar-refractivity contribution in [1.29, 1.82) is 0 Å². The van der Waals surface area contributed by atoms with Gasteiger partial charge in [0.15, 0.2) is 0 Å². The van der Waals surface area contributed by atoms with Crippen LogP contribution < -0.4 is 14.9 Å². The molecule has 0 radical (unpaired) electrons. The quantitative estimate of drug-likeness (QED) is 0.549. The summed E-state index contributed by atoms with van der Waals surface area (Å²) in [5, 5.41) is 4.55. The Bertz CT molecular complexity index is 1250. The van der Waals surface area contributed by atoms with Gasteiger partial charge in [0.2, 0.25) is 5.91 Å². The van der Waals surface area contributed by atoms with Crippen LogP contribution in [0.1, 0.15) is 12.1 Å². The summed E-state index contributed by atoms with van der Waals surface area (Å²) < 4.78 is 42.8. The van der Waals surface area contributed by atoms with Crippen LogP contribution in [0, 0.1) is 12.7 Å². The summed E-state index contributed by atoms with van der Waals surface area (Å²) in [5.41, 5.74) is 0.889. The summed E-state index contributed by atoms with van der Waals surface area (Å²) in [4.78, 5) is 23.4. The fraction of sp³-hybridized carbons (Fsp3) is 0.158. The highest BCUT2D eigenvalue weighted by atomic mass is 35.5. The number of rotatable bonds is 7. The first kappa shape index (κ1) is 22.0. The zero-order valence-electron chi connectivity index (χ0n) is 15.7. The molecule has 0 saturated carbocycles. The molecule has 1 amide bonds. The minimum Gasteiger partial charge on any atom is -0.324 e. The Morgan fingerprint density at radius 1 is 1.20 bits per heavy atom. The number of hydrogen-bond donors (Lipinski definition) is 2. The van der Waals surface area contributed by atoms with Gasteiger partial charge in [0, 0.05) is 29.1 Å². The topological polar surface area (TPSA) is 97.3 Å². The Balaban J connectivity index is 1.79. The molecule has 30 heavy (non-hydrogen) atoms. The van der Waals surface area contributed by atoms with Gasteiger partial charge in [0.25, 0.3) is 10.0 Å². The van der Waals surface area contributed by atoms with E-state index in [2.05, 4.69) is 10.0 Å². The molecule has 2 aromatic carbocycles. The van der Waals surface area contributed by atoms with Crippen molar-refractivity contribution in [2.24, 2.45) is 0 Å². The number of aryl methyl sites for hydroxylation is 1. The highest BCUT2D eigenvalue weighted by Gasteiger charge is 2.20. The number of nitrogens with one attached hydrogen (secondary N) is 2. The van der Waals surface area contributed by atoms with Gasteiger partial charge >= 0.3 is 4.87 Å². The molecule has 0 aliphatic rings. The van der Waals surface area contributed by atoms with Gasteiger partial charge in [-0.1, -0.05) is 35.1 Å². The van der Waals surface area contributed by atoms with E-state index in [1.807, 2.05) is 0 Å². The smallest absolute Gasteiger partial charge is 0.307 e. The maximum Gasteiger partial charge on any atom is 0.307 e. The van der Waals surface area contributed by atoms with E-state index in [4.69, 9.17) is 11.6 Å². The normalized spacial score (nSPS) is 11.3. The van der Waals surface area contributed by atoms with Gasteiger partial charge in [-0.15, -0.1) is 0 Å². The van der Waals surface area contributed by atoms with E-state index >= 15 is 0 Å². The fourth-order valence-corrected chi connectivity index (χ4v) is 4.77. The number of sulfonamides is 1. The molecular weight excluding hydrogens is 453 g/mol. The van der Waals surface area contributed by atoms with Crippen LogP contribution in [0.2, 0.25) is 5.02 Å². The molecule has 0 aliphatic carbocycles. The molecule has 11 heteroatoms. The Kier molecular flexibility index (Phi) is 6.59. The van der Waals surface area contributed by atoms with Gasteiger partial charge in [-0.25, -0.2) is 12.8 Å². The number of hydrogen-bond acceptors (Lipinski definition) is 5. The number of anilines is 2. The zero-order valence-corrected chi connectivity index (χ0v) is 18.1. The van der Waals surface area contributed by atoms with Crippen LogP contribution in [-0.4, -0.2) is 18.9 Å². The Morgan fingerprint density at radius 3 is 2.60 bits per heavy atom. The fourth-order valence-electron chi connectivity index (χ4n) is 2.67. The molecule has 0 aliphatic heterocycles. The van der Waals surface area contributed by atoms with Crippen molar-refractivity contribution in [2.75, 3.05) is 10.0 Å². The molecule has 2 N–H and O–H groups in total. The highest BCUT2D eigenvalue weighted by molar-refractivity contribution is 7.92. The van der Waals surface area contributed by atoms with Crippen LogP contribution in [0.25, 0.3) is 0 Å². The van der Waals surface area contributed by atoms with Gasteiger partial charge in [0.05, 0.1) is 11.4 Å². The van der Waals surface area contributed by atoms with Crippen LogP contribution in [0.4, 0.5) is 15.8 Å². The Morgan fingerprint density at radius 2 is 1.93 bits per heavy atom. The van der Waals surface area contributed by atoms with Crippen molar-refractivity contribution in [3.8, 4) is 0 Å². The van der Waals surface area contributed by atoms with E-state index in [9.17, 15) is 22.4 Å². The number of thiazole rings is 1. The van der Waals surface area contributed by atoms with Gasteiger partial charge in [0.1, 0.15) is 10.7 Å². The van der Waals surface area contributed by atoms with E-state index in [0.717, 1.165) is 29.2 Å². The van der Waals surface area contributed by atoms with Crippen molar-refractivity contribution in [2.45, 2.75) is 24.8 Å². The number of aromatic nitrogens is 1. The molecule has 0 bridgehead atoms. The largest absolute Gasteiger partial charge is 0.324 e. The molecule has 0 unspecified atom stereocenters. The van der Waals surface area contributed by atoms with Crippen LogP contribution in [0.5, 0.6) is 0 Å². The Labute approximate surface area is 181 Å². The second kappa shape index (κ2) is 8.99. The maximum absolute atomic E-state index is 13.9. The third-order valence-electron chi connectivity index (χ3n) is 4.17. The molecule has 0 atom stereocenters. The second-order valence-corrected chi connectivity index (χ2v) is 9.23.